The van der Waals surface area contributed by atoms with Crippen LogP contribution < -0.4 is 34.3 Å². The molecule has 0 fully saturated rings. The van der Waals surface area contributed by atoms with E-state index in [1.165, 1.54) is 24.3 Å². The summed E-state index contributed by atoms with van der Waals surface area (Å²) < 4.78 is 43.9. The zero-order valence-electron chi connectivity index (χ0n) is 13.8. The van der Waals surface area contributed by atoms with Crippen LogP contribution >= 0.6 is 0 Å². The summed E-state index contributed by atoms with van der Waals surface area (Å²) in [6, 6.07) is 14.8. The molecule has 0 saturated heterocycles. The molecule has 0 spiro atoms. The normalized spacial score (nSPS) is 11.0. The fourth-order valence-corrected chi connectivity index (χ4v) is 2.59. The van der Waals surface area contributed by atoms with Gasteiger partial charge in [-0.3, -0.25) is 0 Å². The average Bonchev–Trinajstić information content (AvgIpc) is 2.94. The molecule has 0 atom stereocenters. The largest absolute Gasteiger partial charge is 1.00 e. The Balaban J connectivity index is 0.00000225. The van der Waals surface area contributed by atoms with E-state index in [4.69, 9.17) is 9.15 Å². The van der Waals surface area contributed by atoms with Gasteiger partial charge in [-0.25, -0.2) is 13.4 Å². The fraction of sp³-hybridized carbons (Fsp3) is 0.118. The molecule has 0 aliphatic rings. The number of aromatic nitrogens is 1. The molecule has 0 aliphatic carbocycles. The number of hydrogen-bond donors (Lipinski definition) is 0. The van der Waals surface area contributed by atoms with E-state index >= 15 is 0 Å². The molecule has 0 amide bonds. The summed E-state index contributed by atoms with van der Waals surface area (Å²) in [6.07, 6.45) is 0. The van der Waals surface area contributed by atoms with E-state index < -0.39 is 10.1 Å². The van der Waals surface area contributed by atoms with E-state index in [0.717, 1.165) is 5.56 Å². The molecule has 6 nitrogen and oxygen atoms in total. The van der Waals surface area contributed by atoms with Gasteiger partial charge in [0.25, 0.3) is 0 Å². The van der Waals surface area contributed by atoms with Crippen molar-refractivity contribution in [3.8, 4) is 17.2 Å². The Kier molecular flexibility index (Phi) is 6.42. The minimum Gasteiger partial charge on any atom is -0.744 e. The smallest absolute Gasteiger partial charge is 0.744 e. The van der Waals surface area contributed by atoms with Gasteiger partial charge in [0, 0.05) is 5.56 Å². The van der Waals surface area contributed by atoms with Crippen LogP contribution in [0.1, 0.15) is 11.5 Å². The first-order valence-electron chi connectivity index (χ1n) is 7.14. The Morgan fingerprint density at radius 2 is 1.72 bits per heavy atom. The molecular formula is C17H14NNaO5S. The fourth-order valence-electron chi connectivity index (χ4n) is 2.12. The Bertz CT molecular complexity index is 937. The third kappa shape index (κ3) is 4.93. The summed E-state index contributed by atoms with van der Waals surface area (Å²) in [4.78, 5) is 4.12. The molecule has 3 aromatic rings. The summed E-state index contributed by atoms with van der Waals surface area (Å²) >= 11 is 0. The quantitative estimate of drug-likeness (QED) is 0.470. The van der Waals surface area contributed by atoms with Crippen LogP contribution in [0.15, 0.2) is 63.9 Å². The number of ether oxygens (including phenoxy) is 1. The minimum absolute atomic E-state index is 0. The van der Waals surface area contributed by atoms with Crippen LogP contribution in [0, 0.1) is 6.92 Å². The predicted octanol–water partition coefficient (Wildman–Crippen LogP) is 0.137. The second-order valence-electron chi connectivity index (χ2n) is 5.10. The number of hydrogen-bond acceptors (Lipinski definition) is 6. The molecule has 0 bridgehead atoms. The van der Waals surface area contributed by atoms with Gasteiger partial charge in [-0.2, -0.15) is 0 Å². The number of rotatable bonds is 5. The van der Waals surface area contributed by atoms with Gasteiger partial charge in [0.05, 0.1) is 4.90 Å². The van der Waals surface area contributed by atoms with E-state index in [9.17, 15) is 13.0 Å². The zero-order chi connectivity index (χ0) is 17.2. The van der Waals surface area contributed by atoms with E-state index in [1.54, 1.807) is 6.92 Å². The molecule has 0 saturated carbocycles. The van der Waals surface area contributed by atoms with Gasteiger partial charge < -0.3 is 13.7 Å². The third-order valence-corrected chi connectivity index (χ3v) is 4.25. The maximum Gasteiger partial charge on any atom is 1.00 e. The summed E-state index contributed by atoms with van der Waals surface area (Å²) in [7, 11) is -4.45. The zero-order valence-corrected chi connectivity index (χ0v) is 16.6. The van der Waals surface area contributed by atoms with Crippen molar-refractivity contribution >= 4 is 10.1 Å². The van der Waals surface area contributed by atoms with Crippen molar-refractivity contribution in [3.63, 3.8) is 0 Å². The monoisotopic (exact) mass is 367 g/mol. The van der Waals surface area contributed by atoms with Crippen molar-refractivity contribution < 1.29 is 51.7 Å². The van der Waals surface area contributed by atoms with Crippen LogP contribution in [-0.2, 0) is 16.7 Å². The van der Waals surface area contributed by atoms with Crippen molar-refractivity contribution in [2.75, 3.05) is 0 Å². The number of aryl methyl sites for hydroxylation is 1. The van der Waals surface area contributed by atoms with Crippen LogP contribution in [0.25, 0.3) is 11.5 Å². The number of oxazole rings is 1. The van der Waals surface area contributed by atoms with Crippen LogP contribution in [0.3, 0.4) is 0 Å². The molecule has 0 aliphatic heterocycles. The molecule has 0 N–H and O–H groups in total. The van der Waals surface area contributed by atoms with Gasteiger partial charge in [-0.15, -0.1) is 0 Å². The van der Waals surface area contributed by atoms with E-state index in [0.29, 0.717) is 23.1 Å². The summed E-state index contributed by atoms with van der Waals surface area (Å²) in [5.74, 6) is 1.60. The van der Waals surface area contributed by atoms with E-state index in [2.05, 4.69) is 4.98 Å². The standard InChI is InChI=1S/C17H15NO5S.Na/c1-12-16(18-17(23-12)13-5-3-2-4-6-13)11-22-14-7-9-15(10-8-14)24(19,20)21;/h2-10H,11H2,1H3,(H,19,20,21);/q;+1/p-1. The molecule has 8 heteroatoms. The minimum atomic E-state index is -4.45. The molecule has 0 unspecified atom stereocenters. The Labute approximate surface area is 167 Å². The van der Waals surface area contributed by atoms with Gasteiger partial charge in [0.2, 0.25) is 5.89 Å². The first kappa shape index (κ1) is 19.7. The molecular weight excluding hydrogens is 353 g/mol. The summed E-state index contributed by atoms with van der Waals surface area (Å²) in [5, 5.41) is 0. The molecule has 1 heterocycles. The molecule has 1 aromatic heterocycles. The van der Waals surface area contributed by atoms with Crippen LogP contribution in [-0.4, -0.2) is 18.0 Å². The molecule has 124 valence electrons. The van der Waals surface area contributed by atoms with Crippen molar-refractivity contribution in [2.45, 2.75) is 18.4 Å². The van der Waals surface area contributed by atoms with Crippen molar-refractivity contribution in [1.29, 1.82) is 0 Å². The first-order valence-corrected chi connectivity index (χ1v) is 8.55. The van der Waals surface area contributed by atoms with Crippen molar-refractivity contribution in [2.24, 2.45) is 0 Å². The molecule has 3 rings (SSSR count). The topological polar surface area (TPSA) is 92.5 Å². The maximum absolute atomic E-state index is 10.9. The Morgan fingerprint density at radius 3 is 2.32 bits per heavy atom. The number of nitrogens with zero attached hydrogens (tertiary/aromatic N) is 1. The molecule has 25 heavy (non-hydrogen) atoms. The maximum atomic E-state index is 10.9. The predicted molar refractivity (Wildman–Crippen MR) is 85.4 cm³/mol. The molecule has 2 aromatic carbocycles. The van der Waals surface area contributed by atoms with Gasteiger partial charge in [-0.05, 0) is 43.3 Å². The second kappa shape index (κ2) is 8.16. The van der Waals surface area contributed by atoms with Crippen LogP contribution in [0.4, 0.5) is 0 Å². The number of benzene rings is 2. The summed E-state index contributed by atoms with van der Waals surface area (Å²) in [6.45, 7) is 1.97. The third-order valence-electron chi connectivity index (χ3n) is 3.40. The Hall–Kier alpha value is -1.64. The molecule has 0 radical (unpaired) electrons. The van der Waals surface area contributed by atoms with Gasteiger partial charge in [-0.1, -0.05) is 18.2 Å². The first-order chi connectivity index (χ1) is 11.4. The van der Waals surface area contributed by atoms with E-state index in [-0.39, 0.29) is 41.1 Å². The van der Waals surface area contributed by atoms with Crippen LogP contribution in [0.5, 0.6) is 5.75 Å². The SMILES string of the molecule is Cc1oc(-c2ccccc2)nc1COc1ccc(S(=O)(=O)[O-])cc1.[Na+]. The van der Waals surface area contributed by atoms with Gasteiger partial charge >= 0.3 is 29.6 Å². The summed E-state index contributed by atoms with van der Waals surface area (Å²) in [5.41, 5.74) is 1.52. The van der Waals surface area contributed by atoms with E-state index in [1.807, 2.05) is 30.3 Å². The van der Waals surface area contributed by atoms with Gasteiger partial charge in [0.15, 0.2) is 0 Å². The second-order valence-corrected chi connectivity index (χ2v) is 6.48. The Morgan fingerprint density at radius 1 is 1.08 bits per heavy atom. The van der Waals surface area contributed by atoms with Crippen molar-refractivity contribution in [3.05, 3.63) is 66.1 Å². The average molecular weight is 367 g/mol. The van der Waals surface area contributed by atoms with Crippen LogP contribution in [0.2, 0.25) is 0 Å². The van der Waals surface area contributed by atoms with Gasteiger partial charge in [0.1, 0.15) is 33.9 Å². The van der Waals surface area contributed by atoms with Crippen molar-refractivity contribution in [1.82, 2.24) is 4.98 Å².